The van der Waals surface area contributed by atoms with Gasteiger partial charge in [0.15, 0.2) is 5.82 Å². The molecular weight excluding hydrogens is 401 g/mol. The fourth-order valence-electron chi connectivity index (χ4n) is 2.81. The van der Waals surface area contributed by atoms with Crippen LogP contribution in [0.25, 0.3) is 5.69 Å². The van der Waals surface area contributed by atoms with Crippen molar-refractivity contribution in [2.24, 2.45) is 0 Å². The molecule has 30 heavy (non-hydrogen) atoms. The lowest BCUT2D eigenvalue weighted by atomic mass is 10.2. The predicted octanol–water partition coefficient (Wildman–Crippen LogP) is 4.68. The molecule has 0 aliphatic rings. The molecule has 0 spiro atoms. The van der Waals surface area contributed by atoms with E-state index in [0.717, 1.165) is 4.90 Å². The molecule has 4 aromatic rings. The van der Waals surface area contributed by atoms with E-state index in [1.54, 1.807) is 30.3 Å². The van der Waals surface area contributed by atoms with Crippen LogP contribution in [0.4, 0.5) is 10.1 Å². The number of carbonyl (C=O) groups is 1. The second kappa shape index (κ2) is 8.59. The second-order valence-electron chi connectivity index (χ2n) is 6.17. The van der Waals surface area contributed by atoms with Gasteiger partial charge in [0, 0.05) is 15.5 Å². The van der Waals surface area contributed by atoms with Crippen molar-refractivity contribution in [1.29, 1.82) is 5.26 Å². The molecule has 0 aliphatic heterocycles. The summed E-state index contributed by atoms with van der Waals surface area (Å²) in [5.74, 6) is -0.913. The van der Waals surface area contributed by atoms with Gasteiger partial charge in [0.2, 0.25) is 0 Å². The summed E-state index contributed by atoms with van der Waals surface area (Å²) in [7, 11) is 0. The van der Waals surface area contributed by atoms with Crippen LogP contribution in [0.1, 0.15) is 15.9 Å². The molecule has 1 amide bonds. The van der Waals surface area contributed by atoms with E-state index in [-0.39, 0.29) is 11.6 Å². The van der Waals surface area contributed by atoms with E-state index in [1.807, 2.05) is 24.3 Å². The van der Waals surface area contributed by atoms with E-state index >= 15 is 0 Å². The lowest BCUT2D eigenvalue weighted by molar-refractivity contribution is 0.102. The number of halogens is 1. The quantitative estimate of drug-likeness (QED) is 0.512. The van der Waals surface area contributed by atoms with Crippen molar-refractivity contribution in [3.05, 3.63) is 96.3 Å². The normalized spacial score (nSPS) is 10.4. The van der Waals surface area contributed by atoms with Gasteiger partial charge in [-0.3, -0.25) is 4.79 Å². The van der Waals surface area contributed by atoms with Crippen molar-refractivity contribution < 1.29 is 9.18 Å². The molecule has 0 unspecified atom stereocenters. The molecule has 8 heteroatoms. The van der Waals surface area contributed by atoms with Gasteiger partial charge in [-0.2, -0.15) is 10.4 Å². The van der Waals surface area contributed by atoms with E-state index in [9.17, 15) is 14.4 Å². The molecule has 1 N–H and O–H groups in total. The smallest absolute Gasteiger partial charge is 0.256 e. The third kappa shape index (κ3) is 4.06. The predicted molar refractivity (Wildman–Crippen MR) is 111 cm³/mol. The van der Waals surface area contributed by atoms with E-state index in [4.69, 9.17) is 0 Å². The molecule has 1 aromatic heterocycles. The maximum Gasteiger partial charge on any atom is 0.256 e. The molecule has 146 valence electrons. The summed E-state index contributed by atoms with van der Waals surface area (Å²) >= 11 is 1.33. The summed E-state index contributed by atoms with van der Waals surface area (Å²) < 4.78 is 15.7. The van der Waals surface area contributed by atoms with Crippen LogP contribution in [0.2, 0.25) is 0 Å². The minimum atomic E-state index is -0.538. The summed E-state index contributed by atoms with van der Waals surface area (Å²) in [5, 5.41) is 15.9. The zero-order valence-corrected chi connectivity index (χ0v) is 16.3. The monoisotopic (exact) mass is 415 g/mol. The summed E-state index contributed by atoms with van der Waals surface area (Å²) in [6.45, 7) is 0. The number of nitrogens with zero attached hydrogens (tertiary/aromatic N) is 4. The van der Waals surface area contributed by atoms with Gasteiger partial charge in [0.1, 0.15) is 24.4 Å². The first-order chi connectivity index (χ1) is 14.7. The first kappa shape index (κ1) is 19.4. The molecule has 0 fully saturated rings. The zero-order chi connectivity index (χ0) is 20.9. The Hall–Kier alpha value is -3.96. The Morgan fingerprint density at radius 2 is 1.83 bits per heavy atom. The third-order valence-electron chi connectivity index (χ3n) is 4.23. The van der Waals surface area contributed by atoms with Crippen molar-refractivity contribution in [2.45, 2.75) is 9.79 Å². The average Bonchev–Trinajstić information content (AvgIpc) is 3.29. The Bertz CT molecular complexity index is 1250. The number of rotatable bonds is 5. The number of nitriles is 1. The summed E-state index contributed by atoms with van der Waals surface area (Å²) in [6, 6.07) is 20.8. The molecule has 0 saturated carbocycles. The Morgan fingerprint density at radius 1 is 1.07 bits per heavy atom. The highest BCUT2D eigenvalue weighted by molar-refractivity contribution is 7.99. The lowest BCUT2D eigenvalue weighted by Crippen LogP contribution is -2.13. The van der Waals surface area contributed by atoms with Crippen LogP contribution in [0.5, 0.6) is 0 Å². The van der Waals surface area contributed by atoms with E-state index in [2.05, 4.69) is 21.5 Å². The van der Waals surface area contributed by atoms with Crippen molar-refractivity contribution in [3.8, 4) is 11.8 Å². The largest absolute Gasteiger partial charge is 0.322 e. The van der Waals surface area contributed by atoms with Gasteiger partial charge in [0.25, 0.3) is 5.91 Å². The molecule has 0 atom stereocenters. The second-order valence-corrected chi connectivity index (χ2v) is 7.25. The molecule has 0 bridgehead atoms. The fourth-order valence-corrected chi connectivity index (χ4v) is 3.84. The van der Waals surface area contributed by atoms with E-state index < -0.39 is 5.82 Å². The Labute approximate surface area is 176 Å². The first-order valence-electron chi connectivity index (χ1n) is 8.87. The van der Waals surface area contributed by atoms with Crippen LogP contribution < -0.4 is 5.32 Å². The van der Waals surface area contributed by atoms with Gasteiger partial charge < -0.3 is 5.32 Å². The highest BCUT2D eigenvalue weighted by atomic mass is 32.2. The summed E-state index contributed by atoms with van der Waals surface area (Å²) in [5.41, 5.74) is 1.51. The topological polar surface area (TPSA) is 83.6 Å². The van der Waals surface area contributed by atoms with Gasteiger partial charge in [-0.25, -0.2) is 14.1 Å². The van der Waals surface area contributed by atoms with Gasteiger partial charge in [-0.1, -0.05) is 36.0 Å². The van der Waals surface area contributed by atoms with Crippen molar-refractivity contribution in [2.75, 3.05) is 5.32 Å². The Morgan fingerprint density at radius 3 is 2.57 bits per heavy atom. The van der Waals surface area contributed by atoms with Crippen molar-refractivity contribution >= 4 is 23.4 Å². The summed E-state index contributed by atoms with van der Waals surface area (Å²) in [4.78, 5) is 18.1. The van der Waals surface area contributed by atoms with Gasteiger partial charge >= 0.3 is 0 Å². The van der Waals surface area contributed by atoms with Crippen LogP contribution in [-0.2, 0) is 0 Å². The minimum absolute atomic E-state index is 0.231. The van der Waals surface area contributed by atoms with Gasteiger partial charge in [-0.15, -0.1) is 0 Å². The highest BCUT2D eigenvalue weighted by Crippen LogP contribution is 2.33. The van der Waals surface area contributed by atoms with Crippen LogP contribution in [0.3, 0.4) is 0 Å². The zero-order valence-electron chi connectivity index (χ0n) is 15.5. The van der Waals surface area contributed by atoms with Crippen LogP contribution in [0, 0.1) is 17.1 Å². The number of anilines is 1. The Balaban J connectivity index is 1.57. The molecule has 0 saturated heterocycles. The van der Waals surface area contributed by atoms with E-state index in [0.29, 0.717) is 21.7 Å². The minimum Gasteiger partial charge on any atom is -0.322 e. The third-order valence-corrected chi connectivity index (χ3v) is 5.38. The number of carbonyl (C=O) groups excluding carboxylic acids is 1. The van der Waals surface area contributed by atoms with Gasteiger partial charge in [0.05, 0.1) is 11.1 Å². The molecule has 4 rings (SSSR count). The van der Waals surface area contributed by atoms with Crippen molar-refractivity contribution in [3.63, 3.8) is 0 Å². The molecule has 3 aromatic carbocycles. The number of nitrogens with one attached hydrogen (secondary N) is 1. The number of hydrogen-bond acceptors (Lipinski definition) is 5. The number of hydrogen-bond donors (Lipinski definition) is 1. The molecule has 0 radical (unpaired) electrons. The Kier molecular flexibility index (Phi) is 5.54. The molecule has 1 heterocycles. The lowest BCUT2D eigenvalue weighted by Gasteiger charge is -2.11. The molecule has 0 aliphatic carbocycles. The maximum atomic E-state index is 14.4. The number of amides is 1. The standard InChI is InChI=1S/C22H14FN5OS/c23-18-11-16(9-10-19(18)28-14-25-13-26-28)27-22(29)17-6-2-4-8-21(17)30-20-7-3-1-5-15(20)12-24/h1-11,13-14H,(H,27,29). The van der Waals surface area contributed by atoms with Crippen LogP contribution in [0.15, 0.2) is 89.2 Å². The number of benzene rings is 3. The van der Waals surface area contributed by atoms with Gasteiger partial charge in [-0.05, 0) is 42.5 Å². The highest BCUT2D eigenvalue weighted by Gasteiger charge is 2.15. The SMILES string of the molecule is N#Cc1ccccc1Sc1ccccc1C(=O)Nc1ccc(-n2cncn2)c(F)c1. The maximum absolute atomic E-state index is 14.4. The van der Waals surface area contributed by atoms with E-state index in [1.165, 1.54) is 41.2 Å². The number of aromatic nitrogens is 3. The molecular formula is C22H14FN5OS. The summed E-state index contributed by atoms with van der Waals surface area (Å²) in [6.07, 6.45) is 2.71. The first-order valence-corrected chi connectivity index (χ1v) is 9.69. The van der Waals surface area contributed by atoms with Crippen molar-refractivity contribution in [1.82, 2.24) is 14.8 Å². The van der Waals surface area contributed by atoms with Crippen LogP contribution in [-0.4, -0.2) is 20.7 Å². The average molecular weight is 415 g/mol. The fraction of sp³-hybridized carbons (Fsp3) is 0. The molecule has 6 nitrogen and oxygen atoms in total. The van der Waals surface area contributed by atoms with Crippen LogP contribution >= 0.6 is 11.8 Å².